The van der Waals surface area contributed by atoms with Crippen LogP contribution in [0.1, 0.15) is 21.6 Å². The van der Waals surface area contributed by atoms with Crippen molar-refractivity contribution in [3.63, 3.8) is 0 Å². The lowest BCUT2D eigenvalue weighted by Crippen LogP contribution is -2.36. The van der Waals surface area contributed by atoms with Crippen LogP contribution in [0.5, 0.6) is 0 Å². The molecular weight excluding hydrogens is 314 g/mol. The predicted molar refractivity (Wildman–Crippen MR) is 89.0 cm³/mol. The summed E-state index contributed by atoms with van der Waals surface area (Å²) in [4.78, 5) is 25.1. The van der Waals surface area contributed by atoms with Crippen LogP contribution < -0.4 is 10.9 Å². The molecule has 1 aromatic heterocycles. The molecule has 2 rings (SSSR count). The van der Waals surface area contributed by atoms with Crippen LogP contribution in [0.15, 0.2) is 40.0 Å². The molecule has 0 fully saturated rings. The Kier molecular flexibility index (Phi) is 5.44. The lowest BCUT2D eigenvalue weighted by Gasteiger charge is -2.10. The third kappa shape index (κ3) is 3.92. The van der Waals surface area contributed by atoms with Crippen molar-refractivity contribution in [2.24, 2.45) is 7.05 Å². The van der Waals surface area contributed by atoms with E-state index in [1.54, 1.807) is 26.0 Å². The number of carbonyl (C=O) groups is 1. The first kappa shape index (κ1) is 17.1. The lowest BCUT2D eigenvalue weighted by atomic mass is 10.1. The maximum Gasteiger partial charge on any atom is 0.279 e. The summed E-state index contributed by atoms with van der Waals surface area (Å²) in [6, 6.07) is 9.05. The molecule has 122 valence electrons. The van der Waals surface area contributed by atoms with E-state index in [0.29, 0.717) is 21.9 Å². The van der Waals surface area contributed by atoms with Gasteiger partial charge in [0.1, 0.15) is 5.56 Å². The van der Waals surface area contributed by atoms with Gasteiger partial charge in [-0.3, -0.25) is 13.8 Å². The highest BCUT2D eigenvalue weighted by atomic mass is 32.2. The van der Waals surface area contributed by atoms with Gasteiger partial charge in [-0.05, 0) is 31.5 Å². The molecular formula is C16H19N3O3S. The number of aromatic nitrogens is 2. The number of aryl methyl sites for hydroxylation is 2. The second-order valence-electron chi connectivity index (χ2n) is 5.13. The zero-order valence-electron chi connectivity index (χ0n) is 13.3. The Morgan fingerprint density at radius 3 is 2.57 bits per heavy atom. The summed E-state index contributed by atoms with van der Waals surface area (Å²) in [6.45, 7) is 3.67. The number of nitrogens with one attached hydrogen (secondary N) is 1. The van der Waals surface area contributed by atoms with Crippen molar-refractivity contribution in [3.05, 3.63) is 57.5 Å². The SMILES string of the molecule is Cc1nn(C)c(=O)c(C(=O)NCC[S@@](=O)c2ccccc2)c1C. The zero-order chi connectivity index (χ0) is 17.0. The van der Waals surface area contributed by atoms with Crippen LogP contribution in [-0.4, -0.2) is 32.2 Å². The zero-order valence-corrected chi connectivity index (χ0v) is 14.1. The first-order chi connectivity index (χ1) is 10.9. The molecule has 0 radical (unpaired) electrons. The van der Waals surface area contributed by atoms with Gasteiger partial charge >= 0.3 is 0 Å². The average Bonchev–Trinajstić information content (AvgIpc) is 2.54. The van der Waals surface area contributed by atoms with E-state index in [9.17, 15) is 13.8 Å². The van der Waals surface area contributed by atoms with Gasteiger partial charge in [-0.1, -0.05) is 18.2 Å². The molecule has 0 aliphatic heterocycles. The summed E-state index contributed by atoms with van der Waals surface area (Å²) >= 11 is 0. The normalized spacial score (nSPS) is 12.0. The van der Waals surface area contributed by atoms with Gasteiger partial charge in [-0.15, -0.1) is 0 Å². The molecule has 2 aromatic rings. The number of hydrogen-bond acceptors (Lipinski definition) is 4. The Morgan fingerprint density at radius 1 is 1.26 bits per heavy atom. The van der Waals surface area contributed by atoms with Crippen LogP contribution in [-0.2, 0) is 17.8 Å². The van der Waals surface area contributed by atoms with Crippen LogP contribution in [0.25, 0.3) is 0 Å². The van der Waals surface area contributed by atoms with Crippen LogP contribution in [0, 0.1) is 13.8 Å². The highest BCUT2D eigenvalue weighted by Crippen LogP contribution is 2.07. The molecule has 1 N–H and O–H groups in total. The Hall–Kier alpha value is -2.28. The third-order valence-corrected chi connectivity index (χ3v) is 4.90. The predicted octanol–water partition coefficient (Wildman–Crippen LogP) is 0.935. The molecule has 1 heterocycles. The molecule has 0 saturated carbocycles. The lowest BCUT2D eigenvalue weighted by molar-refractivity contribution is 0.0953. The Morgan fingerprint density at radius 2 is 1.91 bits per heavy atom. The van der Waals surface area contributed by atoms with Crippen molar-refractivity contribution < 1.29 is 9.00 Å². The van der Waals surface area contributed by atoms with Crippen molar-refractivity contribution >= 4 is 16.7 Å². The molecule has 0 aliphatic carbocycles. The van der Waals surface area contributed by atoms with E-state index in [-0.39, 0.29) is 12.1 Å². The summed E-state index contributed by atoms with van der Waals surface area (Å²) in [6.07, 6.45) is 0. The van der Waals surface area contributed by atoms with Crippen LogP contribution >= 0.6 is 0 Å². The number of hydrogen-bond donors (Lipinski definition) is 1. The van der Waals surface area contributed by atoms with Gasteiger partial charge in [0, 0.05) is 24.2 Å². The van der Waals surface area contributed by atoms with Gasteiger partial charge in [-0.25, -0.2) is 4.68 Å². The fourth-order valence-corrected chi connectivity index (χ4v) is 3.14. The summed E-state index contributed by atoms with van der Waals surface area (Å²) in [5, 5.41) is 6.70. The molecule has 1 amide bonds. The van der Waals surface area contributed by atoms with Crippen LogP contribution in [0.2, 0.25) is 0 Å². The minimum atomic E-state index is -1.19. The van der Waals surface area contributed by atoms with Gasteiger partial charge in [0.25, 0.3) is 11.5 Å². The third-order valence-electron chi connectivity index (χ3n) is 3.53. The van der Waals surface area contributed by atoms with Crippen molar-refractivity contribution in [1.29, 1.82) is 0 Å². The number of benzene rings is 1. The number of rotatable bonds is 5. The minimum absolute atomic E-state index is 0.0884. The Bertz CT molecular complexity index is 800. The van der Waals surface area contributed by atoms with E-state index < -0.39 is 22.3 Å². The number of amides is 1. The van der Waals surface area contributed by atoms with E-state index in [1.807, 2.05) is 18.2 Å². The van der Waals surface area contributed by atoms with Gasteiger partial charge in [-0.2, -0.15) is 5.10 Å². The van der Waals surface area contributed by atoms with Gasteiger partial charge < -0.3 is 5.32 Å². The van der Waals surface area contributed by atoms with Crippen LogP contribution in [0.3, 0.4) is 0 Å². The van der Waals surface area contributed by atoms with Crippen molar-refractivity contribution in [2.75, 3.05) is 12.3 Å². The second-order valence-corrected chi connectivity index (χ2v) is 6.70. The molecule has 1 atom stereocenters. The molecule has 1 aromatic carbocycles. The summed E-state index contributed by atoms with van der Waals surface area (Å²) in [5.74, 6) is -0.169. The molecule has 0 aliphatic rings. The fourth-order valence-electron chi connectivity index (χ4n) is 2.15. The maximum atomic E-state index is 12.3. The van der Waals surface area contributed by atoms with Crippen molar-refractivity contribution in [2.45, 2.75) is 18.7 Å². The molecule has 0 saturated heterocycles. The topological polar surface area (TPSA) is 81.1 Å². The van der Waals surface area contributed by atoms with Gasteiger partial charge in [0.05, 0.1) is 16.5 Å². The van der Waals surface area contributed by atoms with E-state index >= 15 is 0 Å². The molecule has 0 bridgehead atoms. The molecule has 7 heteroatoms. The summed E-state index contributed by atoms with van der Waals surface area (Å²) in [7, 11) is 0.324. The van der Waals surface area contributed by atoms with E-state index in [0.717, 1.165) is 4.68 Å². The van der Waals surface area contributed by atoms with Gasteiger partial charge in [0.15, 0.2) is 0 Å². The minimum Gasteiger partial charge on any atom is -0.351 e. The smallest absolute Gasteiger partial charge is 0.279 e. The quantitative estimate of drug-likeness (QED) is 0.883. The van der Waals surface area contributed by atoms with E-state index in [4.69, 9.17) is 0 Å². The summed E-state index contributed by atoms with van der Waals surface area (Å²) < 4.78 is 13.2. The number of nitrogens with zero attached hydrogens (tertiary/aromatic N) is 2. The van der Waals surface area contributed by atoms with Crippen molar-refractivity contribution in [1.82, 2.24) is 15.1 Å². The van der Waals surface area contributed by atoms with E-state index in [2.05, 4.69) is 10.4 Å². The maximum absolute atomic E-state index is 12.3. The summed E-state index contributed by atoms with van der Waals surface area (Å²) in [5.41, 5.74) is 0.847. The first-order valence-electron chi connectivity index (χ1n) is 7.18. The standard InChI is InChI=1S/C16H19N3O3S/c1-11-12(2)18-19(3)16(21)14(11)15(20)17-9-10-23(22)13-7-5-4-6-8-13/h4-8H,9-10H2,1-3H3,(H,17,20)/t23-/m1/s1. The fraction of sp³-hybridized carbons (Fsp3) is 0.312. The monoisotopic (exact) mass is 333 g/mol. The number of carbonyl (C=O) groups excluding carboxylic acids is 1. The Labute approximate surface area is 137 Å². The van der Waals surface area contributed by atoms with Gasteiger partial charge in [0.2, 0.25) is 0 Å². The molecule has 6 nitrogen and oxygen atoms in total. The highest BCUT2D eigenvalue weighted by molar-refractivity contribution is 7.85. The highest BCUT2D eigenvalue weighted by Gasteiger charge is 2.17. The second kappa shape index (κ2) is 7.32. The van der Waals surface area contributed by atoms with E-state index in [1.165, 1.54) is 7.05 Å². The Balaban J connectivity index is 2.04. The average molecular weight is 333 g/mol. The largest absolute Gasteiger partial charge is 0.351 e. The molecule has 23 heavy (non-hydrogen) atoms. The van der Waals surface area contributed by atoms with Crippen molar-refractivity contribution in [3.8, 4) is 0 Å². The van der Waals surface area contributed by atoms with Crippen LogP contribution in [0.4, 0.5) is 0 Å². The molecule has 0 spiro atoms. The molecule has 0 unspecified atom stereocenters. The first-order valence-corrected chi connectivity index (χ1v) is 8.50.